The molecule has 0 aliphatic rings. The maximum atomic E-state index is 9.30. The molecular formula is C8H10IN5O. The molecule has 80 valence electrons. The smallest absolute Gasteiger partial charge is 0.194 e. The highest BCUT2D eigenvalue weighted by atomic mass is 127. The Hall–Kier alpha value is -0.960. The average molecular weight is 319 g/mol. The van der Waals surface area contributed by atoms with Gasteiger partial charge in [-0.05, 0) is 6.92 Å². The van der Waals surface area contributed by atoms with Gasteiger partial charge < -0.3 is 15.4 Å². The lowest BCUT2D eigenvalue weighted by molar-refractivity contribution is 0.175. The molecular weight excluding hydrogens is 309 g/mol. The molecule has 0 bridgehead atoms. The van der Waals surface area contributed by atoms with Crippen molar-refractivity contribution in [1.82, 2.24) is 19.5 Å². The van der Waals surface area contributed by atoms with E-state index < -0.39 is 6.10 Å². The molecule has 3 N–H and O–H groups in total. The van der Waals surface area contributed by atoms with Crippen molar-refractivity contribution in [3.8, 4) is 0 Å². The maximum absolute atomic E-state index is 9.30. The van der Waals surface area contributed by atoms with E-state index in [4.69, 9.17) is 5.73 Å². The largest absolute Gasteiger partial charge is 0.392 e. The van der Waals surface area contributed by atoms with Crippen molar-refractivity contribution in [3.05, 3.63) is 10.2 Å². The van der Waals surface area contributed by atoms with Gasteiger partial charge in [-0.1, -0.05) is 0 Å². The van der Waals surface area contributed by atoms with E-state index in [9.17, 15) is 5.11 Å². The maximum Gasteiger partial charge on any atom is 0.194 e. The molecule has 0 aliphatic carbocycles. The first-order valence-electron chi connectivity index (χ1n) is 4.40. The molecule has 0 saturated heterocycles. The summed E-state index contributed by atoms with van der Waals surface area (Å²) in [4.78, 5) is 12.4. The lowest BCUT2D eigenvalue weighted by Gasteiger charge is -2.05. The first-order chi connectivity index (χ1) is 7.08. The number of nitrogen functional groups attached to an aromatic ring is 1. The SMILES string of the molecule is CC(O)Cn1cnc2c(N)nc(I)nc21. The normalized spacial score (nSPS) is 13.3. The number of fused-ring (bicyclic) bond motifs is 1. The van der Waals surface area contributed by atoms with Gasteiger partial charge in [0.05, 0.1) is 19.0 Å². The Labute approximate surface area is 99.7 Å². The van der Waals surface area contributed by atoms with Gasteiger partial charge in [0.15, 0.2) is 15.3 Å². The van der Waals surface area contributed by atoms with Gasteiger partial charge in [-0.25, -0.2) is 15.0 Å². The lowest BCUT2D eigenvalue weighted by Crippen LogP contribution is -2.11. The summed E-state index contributed by atoms with van der Waals surface area (Å²) in [6.45, 7) is 2.16. The summed E-state index contributed by atoms with van der Waals surface area (Å²) in [5, 5.41) is 9.30. The Balaban J connectivity index is 2.58. The second-order valence-corrected chi connectivity index (χ2v) is 4.26. The van der Waals surface area contributed by atoms with E-state index >= 15 is 0 Å². The van der Waals surface area contributed by atoms with E-state index in [2.05, 4.69) is 15.0 Å². The quantitative estimate of drug-likeness (QED) is 0.617. The molecule has 0 aromatic carbocycles. The van der Waals surface area contributed by atoms with Crippen molar-refractivity contribution in [2.75, 3.05) is 5.73 Å². The van der Waals surface area contributed by atoms with Gasteiger partial charge in [-0.2, -0.15) is 0 Å². The minimum Gasteiger partial charge on any atom is -0.392 e. The zero-order valence-corrected chi connectivity index (χ0v) is 10.2. The number of hydrogen-bond donors (Lipinski definition) is 2. The van der Waals surface area contributed by atoms with Gasteiger partial charge in [0, 0.05) is 22.6 Å². The molecule has 0 aliphatic heterocycles. The number of aliphatic hydroxyl groups is 1. The summed E-state index contributed by atoms with van der Waals surface area (Å²) in [5.74, 6) is 0.369. The van der Waals surface area contributed by atoms with Crippen LogP contribution < -0.4 is 5.73 Å². The highest BCUT2D eigenvalue weighted by molar-refractivity contribution is 14.1. The van der Waals surface area contributed by atoms with Crippen molar-refractivity contribution in [3.63, 3.8) is 0 Å². The predicted molar refractivity (Wildman–Crippen MR) is 64.1 cm³/mol. The van der Waals surface area contributed by atoms with E-state index in [1.807, 2.05) is 22.6 Å². The van der Waals surface area contributed by atoms with Crippen molar-refractivity contribution >= 4 is 39.6 Å². The summed E-state index contributed by atoms with van der Waals surface area (Å²) in [6, 6.07) is 0. The number of anilines is 1. The molecule has 0 fully saturated rings. The van der Waals surface area contributed by atoms with Crippen molar-refractivity contribution in [1.29, 1.82) is 0 Å². The fourth-order valence-corrected chi connectivity index (χ4v) is 1.85. The van der Waals surface area contributed by atoms with Gasteiger partial charge in [-0.15, -0.1) is 0 Å². The van der Waals surface area contributed by atoms with Crippen LogP contribution in [0.2, 0.25) is 0 Å². The summed E-state index contributed by atoms with van der Waals surface area (Å²) < 4.78 is 2.34. The number of rotatable bonds is 2. The Morgan fingerprint density at radius 3 is 3.00 bits per heavy atom. The highest BCUT2D eigenvalue weighted by Crippen LogP contribution is 2.16. The van der Waals surface area contributed by atoms with E-state index in [0.29, 0.717) is 27.4 Å². The molecule has 2 aromatic heterocycles. The number of nitrogens with zero attached hydrogens (tertiary/aromatic N) is 4. The predicted octanol–water partition coefficient (Wildman–Crippen LogP) is 0.394. The van der Waals surface area contributed by atoms with Crippen molar-refractivity contribution in [2.45, 2.75) is 19.6 Å². The fourth-order valence-electron chi connectivity index (χ4n) is 1.36. The van der Waals surface area contributed by atoms with Gasteiger partial charge in [0.25, 0.3) is 0 Å². The average Bonchev–Trinajstić information content (AvgIpc) is 2.48. The number of nitrogens with two attached hydrogens (primary N) is 1. The van der Waals surface area contributed by atoms with E-state index in [1.54, 1.807) is 17.8 Å². The first-order valence-corrected chi connectivity index (χ1v) is 5.47. The van der Waals surface area contributed by atoms with Gasteiger partial charge in [-0.3, -0.25) is 0 Å². The minimum atomic E-state index is -0.448. The fraction of sp³-hybridized carbons (Fsp3) is 0.375. The van der Waals surface area contributed by atoms with Crippen LogP contribution in [-0.4, -0.2) is 30.7 Å². The van der Waals surface area contributed by atoms with Crippen LogP contribution in [0, 0.1) is 3.83 Å². The van der Waals surface area contributed by atoms with E-state index in [0.717, 1.165) is 0 Å². The summed E-state index contributed by atoms with van der Waals surface area (Å²) in [5.41, 5.74) is 6.95. The van der Waals surface area contributed by atoms with E-state index in [1.165, 1.54) is 0 Å². The van der Waals surface area contributed by atoms with Crippen LogP contribution in [0.15, 0.2) is 6.33 Å². The lowest BCUT2D eigenvalue weighted by atomic mass is 10.4. The molecule has 2 heterocycles. The topological polar surface area (TPSA) is 89.8 Å². The molecule has 0 spiro atoms. The van der Waals surface area contributed by atoms with Crippen LogP contribution in [0.3, 0.4) is 0 Å². The molecule has 1 unspecified atom stereocenters. The second kappa shape index (κ2) is 3.89. The van der Waals surface area contributed by atoms with Crippen LogP contribution in [0.5, 0.6) is 0 Å². The third-order valence-corrected chi connectivity index (χ3v) is 2.41. The van der Waals surface area contributed by atoms with Gasteiger partial charge in [0.2, 0.25) is 0 Å². The summed E-state index contributed by atoms with van der Waals surface area (Å²) >= 11 is 2.00. The summed E-state index contributed by atoms with van der Waals surface area (Å²) in [6.07, 6.45) is 1.16. The number of imidazole rings is 1. The third kappa shape index (κ3) is 2.02. The number of halogens is 1. The second-order valence-electron chi connectivity index (χ2n) is 3.30. The number of aliphatic hydroxyl groups excluding tert-OH is 1. The molecule has 6 nitrogen and oxygen atoms in total. The van der Waals surface area contributed by atoms with E-state index in [-0.39, 0.29) is 0 Å². The Morgan fingerprint density at radius 1 is 1.60 bits per heavy atom. The summed E-state index contributed by atoms with van der Waals surface area (Å²) in [7, 11) is 0. The van der Waals surface area contributed by atoms with Crippen LogP contribution >= 0.6 is 22.6 Å². The Morgan fingerprint density at radius 2 is 2.33 bits per heavy atom. The molecule has 1 atom stereocenters. The molecule has 0 saturated carbocycles. The standard InChI is InChI=1S/C8H10IN5O/c1-4(15)2-14-3-11-5-6(10)12-8(9)13-7(5)14/h3-4,15H,2H2,1H3,(H2,10,12,13). The van der Waals surface area contributed by atoms with Crippen molar-refractivity contribution < 1.29 is 5.11 Å². The van der Waals surface area contributed by atoms with Crippen LogP contribution in [-0.2, 0) is 6.54 Å². The Kier molecular flexibility index (Phi) is 2.74. The van der Waals surface area contributed by atoms with Crippen LogP contribution in [0.25, 0.3) is 11.2 Å². The van der Waals surface area contributed by atoms with Crippen LogP contribution in [0.1, 0.15) is 6.92 Å². The van der Waals surface area contributed by atoms with Crippen LogP contribution in [0.4, 0.5) is 5.82 Å². The van der Waals surface area contributed by atoms with Crippen molar-refractivity contribution in [2.24, 2.45) is 0 Å². The number of aromatic nitrogens is 4. The van der Waals surface area contributed by atoms with Gasteiger partial charge in [0.1, 0.15) is 5.52 Å². The zero-order chi connectivity index (χ0) is 11.0. The first kappa shape index (κ1) is 10.6. The monoisotopic (exact) mass is 319 g/mol. The third-order valence-electron chi connectivity index (χ3n) is 1.92. The minimum absolute atomic E-state index is 0.369. The molecule has 15 heavy (non-hydrogen) atoms. The number of hydrogen-bond acceptors (Lipinski definition) is 5. The molecule has 0 radical (unpaired) electrons. The van der Waals surface area contributed by atoms with Gasteiger partial charge >= 0.3 is 0 Å². The Bertz CT molecular complexity index is 495. The molecule has 2 aromatic rings. The highest BCUT2D eigenvalue weighted by Gasteiger charge is 2.10. The zero-order valence-electron chi connectivity index (χ0n) is 8.05. The molecule has 0 amide bonds. The molecule has 7 heteroatoms. The molecule has 2 rings (SSSR count).